The summed E-state index contributed by atoms with van der Waals surface area (Å²) < 4.78 is 0. The van der Waals surface area contributed by atoms with Gasteiger partial charge in [0.15, 0.2) is 0 Å². The van der Waals surface area contributed by atoms with Gasteiger partial charge in [0, 0.05) is 21.7 Å². The molecule has 4 rings (SSSR count). The van der Waals surface area contributed by atoms with Gasteiger partial charge in [0.05, 0.1) is 10.4 Å². The van der Waals surface area contributed by atoms with Crippen molar-refractivity contribution in [3.63, 3.8) is 0 Å². The van der Waals surface area contributed by atoms with E-state index >= 15 is 0 Å². The maximum absolute atomic E-state index is 12.8. The van der Waals surface area contributed by atoms with Crippen LogP contribution in [-0.2, 0) is 0 Å². The van der Waals surface area contributed by atoms with Crippen molar-refractivity contribution in [1.29, 1.82) is 0 Å². The first-order valence-corrected chi connectivity index (χ1v) is 11.4. The number of benzene rings is 2. The average molecular weight is 462 g/mol. The minimum Gasteiger partial charge on any atom is -0.365 e. The molecule has 0 fully saturated rings. The molecule has 0 saturated carbocycles. The van der Waals surface area contributed by atoms with E-state index in [0.717, 1.165) is 16.0 Å². The van der Waals surface area contributed by atoms with Gasteiger partial charge in [-0.15, -0.1) is 22.7 Å². The normalized spacial score (nSPS) is 10.5. The number of anilines is 2. The number of nitrogens with two attached hydrogens (primary N) is 1. The quantitative estimate of drug-likeness (QED) is 0.359. The Bertz CT molecular complexity index is 1280. The summed E-state index contributed by atoms with van der Waals surface area (Å²) in [6.07, 6.45) is 0. The Morgan fingerprint density at radius 3 is 2.19 bits per heavy atom. The zero-order valence-corrected chi connectivity index (χ0v) is 18.7. The lowest BCUT2D eigenvalue weighted by atomic mass is 10.0. The number of hydrogen-bond acceptors (Lipinski definition) is 5. The zero-order chi connectivity index (χ0) is 22.7. The predicted molar refractivity (Wildman–Crippen MR) is 130 cm³/mol. The third-order valence-corrected chi connectivity index (χ3v) is 6.66. The third kappa shape index (κ3) is 4.46. The topological polar surface area (TPSA) is 101 Å². The number of primary amides is 1. The fourth-order valence-corrected chi connectivity index (χ4v) is 5.00. The highest BCUT2D eigenvalue weighted by atomic mass is 32.1. The van der Waals surface area contributed by atoms with Crippen LogP contribution in [0.2, 0.25) is 0 Å². The molecule has 8 heteroatoms. The molecule has 0 spiro atoms. The summed E-state index contributed by atoms with van der Waals surface area (Å²) in [6.45, 7) is 1.89. The van der Waals surface area contributed by atoms with Crippen molar-refractivity contribution in [3.05, 3.63) is 93.0 Å². The van der Waals surface area contributed by atoms with Crippen LogP contribution in [0.25, 0.3) is 11.1 Å². The van der Waals surface area contributed by atoms with Crippen molar-refractivity contribution >= 4 is 51.1 Å². The minimum atomic E-state index is -0.602. The Kier molecular flexibility index (Phi) is 6.16. The number of hydrogen-bond donors (Lipinski definition) is 3. The molecule has 0 unspecified atom stereocenters. The van der Waals surface area contributed by atoms with Crippen LogP contribution in [0.15, 0.2) is 72.1 Å². The maximum atomic E-state index is 12.8. The average Bonchev–Trinajstić information content (AvgIpc) is 3.43. The van der Waals surface area contributed by atoms with Crippen molar-refractivity contribution in [2.45, 2.75) is 6.92 Å². The largest absolute Gasteiger partial charge is 0.365 e. The molecule has 0 radical (unpaired) electrons. The second-order valence-electron chi connectivity index (χ2n) is 6.93. The number of carbonyl (C=O) groups is 3. The maximum Gasteiger partial charge on any atom is 0.265 e. The molecule has 0 aliphatic carbocycles. The van der Waals surface area contributed by atoms with Gasteiger partial charge < -0.3 is 16.4 Å². The molecule has 0 saturated heterocycles. The molecule has 2 aromatic heterocycles. The lowest BCUT2D eigenvalue weighted by Gasteiger charge is -2.08. The molecule has 0 atom stereocenters. The summed E-state index contributed by atoms with van der Waals surface area (Å²) in [5, 5.41) is 7.85. The lowest BCUT2D eigenvalue weighted by molar-refractivity contribution is 0.0999. The summed E-state index contributed by atoms with van der Waals surface area (Å²) >= 11 is 2.66. The highest BCUT2D eigenvalue weighted by Crippen LogP contribution is 2.39. The molecule has 0 aliphatic heterocycles. The van der Waals surface area contributed by atoms with Gasteiger partial charge in [-0.25, -0.2) is 0 Å². The smallest absolute Gasteiger partial charge is 0.265 e. The number of rotatable bonds is 6. The second kappa shape index (κ2) is 9.17. The Morgan fingerprint density at radius 2 is 1.56 bits per heavy atom. The van der Waals surface area contributed by atoms with Crippen LogP contribution in [0.5, 0.6) is 0 Å². The first-order chi connectivity index (χ1) is 15.4. The summed E-state index contributed by atoms with van der Waals surface area (Å²) in [7, 11) is 0. The summed E-state index contributed by atoms with van der Waals surface area (Å²) in [4.78, 5) is 38.7. The molecule has 4 N–H and O–H groups in total. The van der Waals surface area contributed by atoms with Crippen LogP contribution in [0.1, 0.15) is 35.3 Å². The van der Waals surface area contributed by atoms with E-state index in [1.807, 2.05) is 48.7 Å². The van der Waals surface area contributed by atoms with Gasteiger partial charge in [-0.05, 0) is 48.2 Å². The highest BCUT2D eigenvalue weighted by molar-refractivity contribution is 7.17. The molecule has 0 bridgehead atoms. The predicted octanol–water partition coefficient (Wildman–Crippen LogP) is 5.39. The van der Waals surface area contributed by atoms with Crippen molar-refractivity contribution in [1.82, 2.24) is 0 Å². The van der Waals surface area contributed by atoms with Crippen LogP contribution < -0.4 is 16.4 Å². The van der Waals surface area contributed by atoms with Gasteiger partial charge >= 0.3 is 0 Å². The molecule has 160 valence electrons. The fourth-order valence-electron chi connectivity index (χ4n) is 3.30. The number of carbonyl (C=O) groups excluding carboxylic acids is 3. The van der Waals surface area contributed by atoms with E-state index in [2.05, 4.69) is 10.6 Å². The SMILES string of the molecule is Cc1sc(NC(=O)c2ccc(NC(=O)c3cccs3)cc2)c(C(N)=O)c1-c1ccccc1. The van der Waals surface area contributed by atoms with Gasteiger partial charge in [-0.3, -0.25) is 14.4 Å². The van der Waals surface area contributed by atoms with Gasteiger partial charge in [-0.2, -0.15) is 0 Å². The Labute approximate surface area is 192 Å². The number of aryl methyl sites for hydroxylation is 1. The first kappa shape index (κ1) is 21.5. The summed E-state index contributed by atoms with van der Waals surface area (Å²) in [5.74, 6) is -1.18. The van der Waals surface area contributed by atoms with Crippen LogP contribution in [0, 0.1) is 6.92 Å². The molecule has 0 aliphatic rings. The number of amides is 3. The Hall–Kier alpha value is -3.75. The molecule has 6 nitrogen and oxygen atoms in total. The van der Waals surface area contributed by atoms with E-state index in [4.69, 9.17) is 5.73 Å². The molecule has 2 heterocycles. The molecule has 4 aromatic rings. The Balaban J connectivity index is 1.54. The van der Waals surface area contributed by atoms with E-state index in [9.17, 15) is 14.4 Å². The molecular formula is C24H19N3O3S2. The van der Waals surface area contributed by atoms with Crippen molar-refractivity contribution < 1.29 is 14.4 Å². The van der Waals surface area contributed by atoms with Crippen LogP contribution >= 0.6 is 22.7 Å². The van der Waals surface area contributed by atoms with Gasteiger partial charge in [0.2, 0.25) is 0 Å². The summed E-state index contributed by atoms with van der Waals surface area (Å²) in [6, 6.07) is 19.5. The molecule has 32 heavy (non-hydrogen) atoms. The van der Waals surface area contributed by atoms with Crippen LogP contribution in [-0.4, -0.2) is 17.7 Å². The van der Waals surface area contributed by atoms with E-state index in [0.29, 0.717) is 26.7 Å². The third-order valence-electron chi connectivity index (χ3n) is 4.77. The van der Waals surface area contributed by atoms with Crippen LogP contribution in [0.3, 0.4) is 0 Å². The van der Waals surface area contributed by atoms with Gasteiger partial charge in [-0.1, -0.05) is 36.4 Å². The fraction of sp³-hybridized carbons (Fsp3) is 0.0417. The standard InChI is InChI=1S/C24H19N3O3S2/c1-14-19(15-6-3-2-4-7-15)20(21(25)28)24(32-14)27-22(29)16-9-11-17(12-10-16)26-23(30)18-8-5-13-31-18/h2-13H,1H3,(H2,25,28)(H,26,30)(H,27,29). The van der Waals surface area contributed by atoms with Gasteiger partial charge in [0.25, 0.3) is 17.7 Å². The van der Waals surface area contributed by atoms with Crippen molar-refractivity contribution in [2.24, 2.45) is 5.73 Å². The van der Waals surface area contributed by atoms with Crippen molar-refractivity contribution in [3.8, 4) is 11.1 Å². The molecule has 3 amide bonds. The molecular weight excluding hydrogens is 442 g/mol. The van der Waals surface area contributed by atoms with E-state index in [1.54, 1.807) is 30.3 Å². The first-order valence-electron chi connectivity index (χ1n) is 9.69. The monoisotopic (exact) mass is 461 g/mol. The highest BCUT2D eigenvalue weighted by Gasteiger charge is 2.23. The van der Waals surface area contributed by atoms with Crippen molar-refractivity contribution in [2.75, 3.05) is 10.6 Å². The zero-order valence-electron chi connectivity index (χ0n) is 17.0. The lowest BCUT2D eigenvalue weighted by Crippen LogP contribution is -2.17. The van der Waals surface area contributed by atoms with Crippen LogP contribution in [0.4, 0.5) is 10.7 Å². The Morgan fingerprint density at radius 1 is 0.844 bits per heavy atom. The summed E-state index contributed by atoms with van der Waals surface area (Å²) in [5.41, 5.74) is 8.52. The van der Waals surface area contributed by atoms with E-state index < -0.39 is 5.91 Å². The number of thiophene rings is 2. The van der Waals surface area contributed by atoms with E-state index in [-0.39, 0.29) is 11.8 Å². The number of nitrogens with one attached hydrogen (secondary N) is 2. The second-order valence-corrected chi connectivity index (χ2v) is 9.10. The minimum absolute atomic E-state index is 0.203. The van der Waals surface area contributed by atoms with E-state index in [1.165, 1.54) is 22.7 Å². The molecule has 2 aromatic carbocycles. The van der Waals surface area contributed by atoms with Gasteiger partial charge in [0.1, 0.15) is 5.00 Å².